The molecule has 3 heterocycles. The Bertz CT molecular complexity index is 934. The summed E-state index contributed by atoms with van der Waals surface area (Å²) in [6.07, 6.45) is 9.58. The zero-order valence-corrected chi connectivity index (χ0v) is 15.1. The van der Waals surface area contributed by atoms with E-state index in [0.717, 1.165) is 31.4 Å². The van der Waals surface area contributed by atoms with Crippen LogP contribution in [0.15, 0.2) is 43.0 Å². The molecule has 0 aromatic carbocycles. The third-order valence-electron chi connectivity index (χ3n) is 5.01. The van der Waals surface area contributed by atoms with Crippen LogP contribution in [0.3, 0.4) is 0 Å². The number of aromatic nitrogens is 4. The van der Waals surface area contributed by atoms with Crippen molar-refractivity contribution in [3.63, 3.8) is 0 Å². The molecule has 3 aromatic rings. The van der Waals surface area contributed by atoms with E-state index in [2.05, 4.69) is 20.4 Å². The van der Waals surface area contributed by atoms with Gasteiger partial charge in [-0.05, 0) is 43.9 Å². The van der Waals surface area contributed by atoms with Crippen molar-refractivity contribution in [2.24, 2.45) is 0 Å². The average molecular weight is 366 g/mol. The summed E-state index contributed by atoms with van der Waals surface area (Å²) in [6, 6.07) is 5.73. The van der Waals surface area contributed by atoms with Gasteiger partial charge < -0.3 is 15.3 Å². The molecule has 1 aliphatic carbocycles. The third-order valence-corrected chi connectivity index (χ3v) is 5.01. The van der Waals surface area contributed by atoms with E-state index in [1.54, 1.807) is 29.3 Å². The Hall–Kier alpha value is -3.00. The van der Waals surface area contributed by atoms with Crippen molar-refractivity contribution in [1.29, 1.82) is 0 Å². The number of hydrogen-bond donors (Lipinski definition) is 2. The van der Waals surface area contributed by atoms with Gasteiger partial charge in [-0.15, -0.1) is 0 Å². The second-order valence-corrected chi connectivity index (χ2v) is 6.86. The zero-order chi connectivity index (χ0) is 18.8. The van der Waals surface area contributed by atoms with Crippen LogP contribution in [-0.4, -0.2) is 49.8 Å². The molecule has 1 saturated carbocycles. The highest BCUT2D eigenvalue weighted by Crippen LogP contribution is 2.22. The SMILES string of the molecule is CN(c1cccnc1)c1ccn2ncc(C(=O)NC3CCC(O)CC3)c2n1. The summed E-state index contributed by atoms with van der Waals surface area (Å²) in [6.45, 7) is 0. The van der Waals surface area contributed by atoms with Gasteiger partial charge in [0.15, 0.2) is 5.65 Å². The molecule has 8 heteroatoms. The highest BCUT2D eigenvalue weighted by molar-refractivity contribution is 6.00. The van der Waals surface area contributed by atoms with Crippen molar-refractivity contribution in [3.8, 4) is 0 Å². The maximum absolute atomic E-state index is 12.7. The predicted octanol–water partition coefficient (Wildman–Crippen LogP) is 1.93. The number of carbonyl (C=O) groups is 1. The maximum Gasteiger partial charge on any atom is 0.256 e. The van der Waals surface area contributed by atoms with E-state index in [9.17, 15) is 9.90 Å². The smallest absolute Gasteiger partial charge is 0.256 e. The number of anilines is 2. The largest absolute Gasteiger partial charge is 0.393 e. The number of pyridine rings is 1. The Morgan fingerprint density at radius 1 is 1.26 bits per heavy atom. The first-order valence-electron chi connectivity index (χ1n) is 9.09. The molecule has 0 unspecified atom stereocenters. The molecule has 0 saturated heterocycles. The maximum atomic E-state index is 12.7. The number of hydrogen-bond acceptors (Lipinski definition) is 6. The highest BCUT2D eigenvalue weighted by atomic mass is 16.3. The molecule has 1 amide bonds. The Balaban J connectivity index is 1.57. The van der Waals surface area contributed by atoms with E-state index in [1.165, 1.54) is 0 Å². The fourth-order valence-corrected chi connectivity index (χ4v) is 3.37. The Morgan fingerprint density at radius 3 is 2.81 bits per heavy atom. The highest BCUT2D eigenvalue weighted by Gasteiger charge is 2.23. The van der Waals surface area contributed by atoms with Crippen LogP contribution in [0.5, 0.6) is 0 Å². The van der Waals surface area contributed by atoms with E-state index in [0.29, 0.717) is 17.0 Å². The van der Waals surface area contributed by atoms with E-state index < -0.39 is 0 Å². The van der Waals surface area contributed by atoms with E-state index in [1.807, 2.05) is 30.1 Å². The molecule has 8 nitrogen and oxygen atoms in total. The summed E-state index contributed by atoms with van der Waals surface area (Å²) in [5.74, 6) is 0.519. The Morgan fingerprint density at radius 2 is 2.07 bits per heavy atom. The molecule has 2 N–H and O–H groups in total. The number of rotatable bonds is 4. The van der Waals surface area contributed by atoms with Crippen LogP contribution in [0.25, 0.3) is 5.65 Å². The molecule has 1 aliphatic rings. The molecule has 3 aromatic heterocycles. The number of amides is 1. The molecule has 0 aliphatic heterocycles. The molecule has 1 fully saturated rings. The summed E-state index contributed by atoms with van der Waals surface area (Å²) < 4.78 is 1.60. The van der Waals surface area contributed by atoms with E-state index >= 15 is 0 Å². The van der Waals surface area contributed by atoms with Gasteiger partial charge in [0.2, 0.25) is 0 Å². The lowest BCUT2D eigenvalue weighted by Gasteiger charge is -2.26. The second kappa shape index (κ2) is 7.32. The minimum absolute atomic E-state index is 0.0806. The van der Waals surface area contributed by atoms with Crippen molar-refractivity contribution in [2.75, 3.05) is 11.9 Å². The van der Waals surface area contributed by atoms with Crippen molar-refractivity contribution in [2.45, 2.75) is 37.8 Å². The van der Waals surface area contributed by atoms with Crippen molar-refractivity contribution >= 4 is 23.1 Å². The molecule has 0 bridgehead atoms. The minimum Gasteiger partial charge on any atom is -0.393 e. The second-order valence-electron chi connectivity index (χ2n) is 6.86. The van der Waals surface area contributed by atoms with Gasteiger partial charge in [-0.25, -0.2) is 9.50 Å². The zero-order valence-electron chi connectivity index (χ0n) is 15.1. The van der Waals surface area contributed by atoms with Crippen LogP contribution in [0.4, 0.5) is 11.5 Å². The van der Waals surface area contributed by atoms with Gasteiger partial charge in [-0.1, -0.05) is 0 Å². The summed E-state index contributed by atoms with van der Waals surface area (Å²) in [5.41, 5.74) is 1.86. The molecule has 0 spiro atoms. The lowest BCUT2D eigenvalue weighted by molar-refractivity contribution is 0.0869. The summed E-state index contributed by atoms with van der Waals surface area (Å²) in [5, 5.41) is 16.9. The molecular formula is C19H22N6O2. The van der Waals surface area contributed by atoms with Crippen LogP contribution < -0.4 is 10.2 Å². The average Bonchev–Trinajstić information content (AvgIpc) is 3.13. The lowest BCUT2D eigenvalue weighted by Crippen LogP contribution is -2.38. The Labute approximate surface area is 156 Å². The van der Waals surface area contributed by atoms with Crippen LogP contribution in [0.1, 0.15) is 36.0 Å². The molecule has 140 valence electrons. The summed E-state index contributed by atoms with van der Waals surface area (Å²) in [4.78, 5) is 23.4. The van der Waals surface area contributed by atoms with Crippen molar-refractivity contribution in [3.05, 3.63) is 48.5 Å². The first kappa shape index (κ1) is 17.4. The fraction of sp³-hybridized carbons (Fsp3) is 0.368. The molecule has 27 heavy (non-hydrogen) atoms. The van der Waals surface area contributed by atoms with Gasteiger partial charge in [0.25, 0.3) is 5.91 Å². The van der Waals surface area contributed by atoms with Crippen LogP contribution in [0, 0.1) is 0 Å². The van der Waals surface area contributed by atoms with Gasteiger partial charge in [0, 0.05) is 25.5 Å². The van der Waals surface area contributed by atoms with Crippen molar-refractivity contribution in [1.82, 2.24) is 24.9 Å². The number of aliphatic hydroxyl groups is 1. The quantitative estimate of drug-likeness (QED) is 0.732. The van der Waals surface area contributed by atoms with Gasteiger partial charge >= 0.3 is 0 Å². The van der Waals surface area contributed by atoms with Gasteiger partial charge in [0.1, 0.15) is 11.4 Å². The lowest BCUT2D eigenvalue weighted by atomic mass is 9.93. The van der Waals surface area contributed by atoms with Gasteiger partial charge in [0.05, 0.1) is 24.2 Å². The molecule has 0 atom stereocenters. The van der Waals surface area contributed by atoms with Gasteiger partial charge in [-0.2, -0.15) is 5.10 Å². The number of fused-ring (bicyclic) bond motifs is 1. The first-order valence-corrected chi connectivity index (χ1v) is 9.09. The molecular weight excluding hydrogens is 344 g/mol. The number of carbonyl (C=O) groups excluding carboxylic acids is 1. The fourth-order valence-electron chi connectivity index (χ4n) is 3.37. The van der Waals surface area contributed by atoms with E-state index in [4.69, 9.17) is 0 Å². The summed E-state index contributed by atoms with van der Waals surface area (Å²) >= 11 is 0. The number of nitrogens with zero attached hydrogens (tertiary/aromatic N) is 5. The predicted molar refractivity (Wildman–Crippen MR) is 101 cm³/mol. The van der Waals surface area contributed by atoms with E-state index in [-0.39, 0.29) is 18.1 Å². The standard InChI is InChI=1S/C19H22N6O2/c1-24(14-3-2-9-20-11-14)17-8-10-25-18(23-17)16(12-21-25)19(27)22-13-4-6-15(26)7-5-13/h2-3,8-13,15,26H,4-7H2,1H3,(H,22,27). The van der Waals surface area contributed by atoms with Crippen LogP contribution in [0.2, 0.25) is 0 Å². The number of aliphatic hydroxyl groups excluding tert-OH is 1. The monoisotopic (exact) mass is 366 g/mol. The Kier molecular flexibility index (Phi) is 4.72. The van der Waals surface area contributed by atoms with Crippen molar-refractivity contribution < 1.29 is 9.90 Å². The molecule has 0 radical (unpaired) electrons. The number of nitrogens with one attached hydrogen (secondary N) is 1. The van der Waals surface area contributed by atoms with Crippen LogP contribution in [-0.2, 0) is 0 Å². The first-order chi connectivity index (χ1) is 13.1. The normalized spacial score (nSPS) is 19.8. The molecule has 4 rings (SSSR count). The summed E-state index contributed by atoms with van der Waals surface area (Å²) in [7, 11) is 1.90. The van der Waals surface area contributed by atoms with Crippen LogP contribution >= 0.6 is 0 Å². The third kappa shape index (κ3) is 3.61. The van der Waals surface area contributed by atoms with Gasteiger partial charge in [-0.3, -0.25) is 9.78 Å². The topological polar surface area (TPSA) is 95.7 Å². The minimum atomic E-state index is -0.248.